The minimum Gasteiger partial charge on any atom is -0.493 e. The first kappa shape index (κ1) is 61.3. The number of amides is 9. The van der Waals surface area contributed by atoms with Crippen LogP contribution in [0.2, 0.25) is 0 Å². The molecule has 27 heteroatoms. The van der Waals surface area contributed by atoms with Crippen LogP contribution in [0.5, 0.6) is 11.5 Å². The fraction of sp³-hybridized carbons (Fsp3) is 0.411. The quantitative estimate of drug-likeness (QED) is 0.0189. The highest BCUT2D eigenvalue weighted by atomic mass is 16.5. The van der Waals surface area contributed by atoms with E-state index in [1.807, 2.05) is 0 Å². The van der Waals surface area contributed by atoms with Crippen LogP contribution in [0.1, 0.15) is 87.3 Å². The summed E-state index contributed by atoms with van der Waals surface area (Å²) in [5, 5.41) is 16.3. The summed E-state index contributed by atoms with van der Waals surface area (Å²) in [4.78, 5) is 133. The van der Waals surface area contributed by atoms with Crippen molar-refractivity contribution in [1.82, 2.24) is 39.5 Å². The Hall–Kier alpha value is -9.37. The number of aryl methyl sites for hydroxylation is 3. The molecule has 0 saturated carbocycles. The van der Waals surface area contributed by atoms with Gasteiger partial charge in [0.15, 0.2) is 11.5 Å². The Morgan fingerprint density at radius 1 is 0.663 bits per heavy atom. The number of aromatic nitrogens is 3. The number of imide groups is 1. The van der Waals surface area contributed by atoms with Crippen molar-refractivity contribution in [1.29, 1.82) is 0 Å². The second kappa shape index (κ2) is 28.9. The predicted octanol–water partition coefficient (Wildman–Crippen LogP) is 2.52. The van der Waals surface area contributed by atoms with Crippen LogP contribution in [0.25, 0.3) is 0 Å². The molecule has 442 valence electrons. The number of aliphatic imine (C=N–C) groups is 1. The molecule has 0 aliphatic carbocycles. The molecular weight excluding hydrogens is 1080 g/mol. The van der Waals surface area contributed by atoms with Gasteiger partial charge in [0.2, 0.25) is 17.7 Å². The van der Waals surface area contributed by atoms with Crippen LogP contribution in [0.15, 0.2) is 78.2 Å². The maximum absolute atomic E-state index is 13.4. The van der Waals surface area contributed by atoms with Gasteiger partial charge in [-0.1, -0.05) is 12.2 Å². The highest BCUT2D eigenvalue weighted by molar-refractivity contribution is 6.13. The second-order valence-corrected chi connectivity index (χ2v) is 19.6. The number of anilines is 3. The number of hydrogen-bond donors (Lipinski definition) is 6. The van der Waals surface area contributed by atoms with E-state index >= 15 is 0 Å². The summed E-state index contributed by atoms with van der Waals surface area (Å²) in [7, 11) is 6.41. The number of rotatable bonds is 30. The average Bonchev–Trinajstić information content (AvgIpc) is 4.29. The molecule has 6 heterocycles. The van der Waals surface area contributed by atoms with Crippen molar-refractivity contribution in [3.05, 3.63) is 95.9 Å². The zero-order valence-electron chi connectivity index (χ0n) is 46.8. The third-order valence-corrected chi connectivity index (χ3v) is 13.2. The highest BCUT2D eigenvalue weighted by Crippen LogP contribution is 2.38. The number of carbonyl (C=O) groups is 10. The predicted molar refractivity (Wildman–Crippen MR) is 300 cm³/mol. The molecule has 1 aromatic carbocycles. The maximum Gasteiger partial charge on any atom is 0.328 e. The van der Waals surface area contributed by atoms with Gasteiger partial charge in [0.25, 0.3) is 35.4 Å². The Morgan fingerprint density at radius 3 is 1.92 bits per heavy atom. The standard InChI is InChI=1S/C56H68N12O15/c1-34-23-39-29-59-41-28-46(45(79-6)27-40(41)55(77)68(39)30-34)82-17-7-9-48(70)61-36-24-43(65(4)31-36)53(75)63-38-26-44(66(5)33-38)54(76)62-37-25-42(64(3)32-37)52(74)58-14-8-18-83-56(78)35(2)60-49(71)13-19-80-21-22-81-20-15-57-47(69)12-16-67-50(72)10-11-51(67)73/h10-11,24-29,31-33,35,39H,1,7-9,12-23,30H2,2-6H3,(H,57,69)(H,58,74)(H,60,71)(H,61,70)(H,62,76)(H,63,75)/t35-,39?/m0/s1. The van der Waals surface area contributed by atoms with Crippen LogP contribution in [0.3, 0.4) is 0 Å². The molecule has 3 aromatic heterocycles. The van der Waals surface area contributed by atoms with E-state index in [2.05, 4.69) is 43.5 Å². The van der Waals surface area contributed by atoms with Gasteiger partial charge < -0.3 is 74.2 Å². The van der Waals surface area contributed by atoms with E-state index in [1.165, 1.54) is 41.4 Å². The first-order valence-electron chi connectivity index (χ1n) is 26.8. The van der Waals surface area contributed by atoms with Gasteiger partial charge in [-0.05, 0) is 50.5 Å². The molecule has 0 spiro atoms. The van der Waals surface area contributed by atoms with Gasteiger partial charge in [-0.15, -0.1) is 0 Å². The van der Waals surface area contributed by atoms with E-state index in [4.69, 9.17) is 23.7 Å². The van der Waals surface area contributed by atoms with Gasteiger partial charge in [-0.2, -0.15) is 0 Å². The number of nitrogens with one attached hydrogen (secondary N) is 6. The van der Waals surface area contributed by atoms with Crippen molar-refractivity contribution in [2.45, 2.75) is 57.5 Å². The zero-order valence-corrected chi connectivity index (χ0v) is 46.8. The van der Waals surface area contributed by atoms with Crippen molar-refractivity contribution in [2.75, 3.05) is 88.9 Å². The highest BCUT2D eigenvalue weighted by Gasteiger charge is 2.34. The molecular formula is C56H68N12O15. The van der Waals surface area contributed by atoms with Crippen molar-refractivity contribution in [2.24, 2.45) is 26.1 Å². The summed E-state index contributed by atoms with van der Waals surface area (Å²) in [6, 6.07) is 6.71. The first-order valence-corrected chi connectivity index (χ1v) is 26.8. The molecule has 0 radical (unpaired) electrons. The Morgan fingerprint density at radius 2 is 1.28 bits per heavy atom. The topological polar surface area (TPSA) is 323 Å². The summed E-state index contributed by atoms with van der Waals surface area (Å²) < 4.78 is 32.2. The molecule has 83 heavy (non-hydrogen) atoms. The number of nitrogens with zero attached hydrogens (tertiary/aromatic N) is 6. The number of benzene rings is 1. The normalized spacial score (nSPS) is 14.6. The summed E-state index contributed by atoms with van der Waals surface area (Å²) in [5.74, 6) is -3.47. The number of carbonyl (C=O) groups excluding carboxylic acids is 10. The lowest BCUT2D eigenvalue weighted by Crippen LogP contribution is -2.40. The number of esters is 1. The van der Waals surface area contributed by atoms with Gasteiger partial charge in [-0.25, -0.2) is 4.79 Å². The molecule has 2 atom stereocenters. The summed E-state index contributed by atoms with van der Waals surface area (Å²) in [5.41, 5.74) is 3.58. The van der Waals surface area contributed by atoms with E-state index in [9.17, 15) is 47.9 Å². The average molecular weight is 1150 g/mol. The molecule has 1 unspecified atom stereocenters. The molecule has 3 aliphatic rings. The molecule has 1 fully saturated rings. The van der Waals surface area contributed by atoms with E-state index in [0.717, 1.165) is 22.6 Å². The molecule has 9 amide bonds. The molecule has 7 rings (SSSR count). The Kier molecular flexibility index (Phi) is 21.3. The number of fused-ring (bicyclic) bond motifs is 2. The second-order valence-electron chi connectivity index (χ2n) is 19.6. The van der Waals surface area contributed by atoms with Crippen molar-refractivity contribution < 1.29 is 71.6 Å². The molecule has 4 aromatic rings. The molecule has 3 aliphatic heterocycles. The van der Waals surface area contributed by atoms with Crippen LogP contribution in [-0.4, -0.2) is 174 Å². The van der Waals surface area contributed by atoms with Crippen LogP contribution in [-0.2, 0) is 64.1 Å². The number of hydrogen-bond acceptors (Lipinski definition) is 16. The van der Waals surface area contributed by atoms with E-state index < -0.39 is 47.5 Å². The van der Waals surface area contributed by atoms with E-state index in [1.54, 1.807) is 67.5 Å². The zero-order chi connectivity index (χ0) is 59.7. The van der Waals surface area contributed by atoms with Crippen molar-refractivity contribution in [3.8, 4) is 11.5 Å². The third-order valence-electron chi connectivity index (χ3n) is 13.2. The first-order chi connectivity index (χ1) is 39.8. The van der Waals surface area contributed by atoms with Crippen LogP contribution in [0, 0.1) is 0 Å². The summed E-state index contributed by atoms with van der Waals surface area (Å²) >= 11 is 0. The summed E-state index contributed by atoms with van der Waals surface area (Å²) in [6.07, 6.45) is 10.1. The van der Waals surface area contributed by atoms with E-state index in [-0.39, 0.29) is 126 Å². The molecule has 1 saturated heterocycles. The number of methoxy groups -OCH3 is 1. The molecule has 27 nitrogen and oxygen atoms in total. The van der Waals surface area contributed by atoms with Gasteiger partial charge >= 0.3 is 5.97 Å². The fourth-order valence-corrected chi connectivity index (χ4v) is 8.95. The van der Waals surface area contributed by atoms with Gasteiger partial charge in [0.1, 0.15) is 23.1 Å². The van der Waals surface area contributed by atoms with Gasteiger partial charge in [0, 0.05) is 110 Å². The van der Waals surface area contributed by atoms with Crippen LogP contribution >= 0.6 is 0 Å². The van der Waals surface area contributed by atoms with Gasteiger partial charge in [-0.3, -0.25) is 53.0 Å². The maximum atomic E-state index is 13.4. The SMILES string of the molecule is C=C1CC2C=Nc3cc(OCCCC(=O)Nc4cc(C(=O)Nc5cc(C(=O)Nc6cc(C(=O)NCCCOC(=O)[C@H](C)NC(=O)CCOCCOCCNC(=O)CCN7C(=O)C=CC7=O)n(C)c6)n(C)c5)n(C)c4)c(OC)cc3C(=O)N2C1. The lowest BCUT2D eigenvalue weighted by atomic mass is 10.1. The minimum atomic E-state index is -0.935. The fourth-order valence-electron chi connectivity index (χ4n) is 8.95. The van der Waals surface area contributed by atoms with Crippen molar-refractivity contribution in [3.63, 3.8) is 0 Å². The largest absolute Gasteiger partial charge is 0.493 e. The van der Waals surface area contributed by atoms with Gasteiger partial charge in [0.05, 0.1) is 81.1 Å². The Balaban J connectivity index is 0.742. The molecule has 6 N–H and O–H groups in total. The third kappa shape index (κ3) is 16.9. The van der Waals surface area contributed by atoms with E-state index in [0.29, 0.717) is 59.2 Å². The minimum absolute atomic E-state index is 0.00858. The van der Waals surface area contributed by atoms with Crippen LogP contribution in [0.4, 0.5) is 22.7 Å². The Bertz CT molecular complexity index is 3190. The monoisotopic (exact) mass is 1150 g/mol. The smallest absolute Gasteiger partial charge is 0.328 e. The lowest BCUT2D eigenvalue weighted by Gasteiger charge is -2.20. The van der Waals surface area contributed by atoms with Crippen molar-refractivity contribution >= 4 is 88.1 Å². The lowest BCUT2D eigenvalue weighted by molar-refractivity contribution is -0.147. The Labute approximate surface area is 477 Å². The number of ether oxygens (including phenoxy) is 5. The summed E-state index contributed by atoms with van der Waals surface area (Å²) in [6.45, 7) is 7.14. The van der Waals surface area contributed by atoms with Crippen LogP contribution < -0.4 is 41.4 Å². The molecule has 0 bridgehead atoms.